The Balaban J connectivity index is 2.97. The lowest BCUT2D eigenvalue weighted by Gasteiger charge is -2.12. The van der Waals surface area contributed by atoms with Gasteiger partial charge < -0.3 is 10.1 Å². The Morgan fingerprint density at radius 2 is 2.28 bits per heavy atom. The van der Waals surface area contributed by atoms with Gasteiger partial charge >= 0.3 is 5.97 Å². The van der Waals surface area contributed by atoms with Crippen LogP contribution in [0.4, 0.5) is 11.4 Å². The predicted molar refractivity (Wildman–Crippen MR) is 62.9 cm³/mol. The Bertz CT molecular complexity index is 522. The van der Waals surface area contributed by atoms with Crippen LogP contribution in [0.25, 0.3) is 0 Å². The zero-order valence-electron chi connectivity index (χ0n) is 9.84. The highest BCUT2D eigenvalue weighted by atomic mass is 16.6. The molecule has 0 heterocycles. The van der Waals surface area contributed by atoms with Gasteiger partial charge in [-0.15, -0.1) is 0 Å². The van der Waals surface area contributed by atoms with E-state index in [0.29, 0.717) is 5.69 Å². The van der Waals surface area contributed by atoms with Gasteiger partial charge in [0.25, 0.3) is 5.69 Å². The van der Waals surface area contributed by atoms with Gasteiger partial charge in [-0.05, 0) is 19.1 Å². The molecule has 0 radical (unpaired) electrons. The molecule has 1 atom stereocenters. The standard InChI is InChI=1S/C11H11N3O4/c1-7(11(15)18-2)13-9-3-4-10(14(16)17)8(5-9)6-12/h3-5,7,13H,1-2H3. The van der Waals surface area contributed by atoms with E-state index in [-0.39, 0.29) is 11.3 Å². The quantitative estimate of drug-likeness (QED) is 0.491. The van der Waals surface area contributed by atoms with Crippen molar-refractivity contribution >= 4 is 17.3 Å². The van der Waals surface area contributed by atoms with Crippen molar-refractivity contribution in [3.63, 3.8) is 0 Å². The van der Waals surface area contributed by atoms with E-state index in [1.54, 1.807) is 13.0 Å². The first-order chi connectivity index (χ1) is 8.49. The molecule has 1 unspecified atom stereocenters. The fourth-order valence-corrected chi connectivity index (χ4v) is 1.36. The summed E-state index contributed by atoms with van der Waals surface area (Å²) in [5, 5.41) is 22.2. The minimum atomic E-state index is -0.633. The summed E-state index contributed by atoms with van der Waals surface area (Å²) in [5.41, 5.74) is 0.103. The summed E-state index contributed by atoms with van der Waals surface area (Å²) in [6, 6.07) is 5.09. The van der Waals surface area contributed by atoms with Gasteiger partial charge in [0.2, 0.25) is 0 Å². The number of nitriles is 1. The Hall–Kier alpha value is -2.62. The van der Waals surface area contributed by atoms with Crippen LogP contribution in [-0.4, -0.2) is 24.0 Å². The van der Waals surface area contributed by atoms with Crippen LogP contribution in [0.3, 0.4) is 0 Å². The summed E-state index contributed by atoms with van der Waals surface area (Å²) >= 11 is 0. The van der Waals surface area contributed by atoms with Gasteiger partial charge in [0.05, 0.1) is 12.0 Å². The van der Waals surface area contributed by atoms with Crippen molar-refractivity contribution in [2.45, 2.75) is 13.0 Å². The van der Waals surface area contributed by atoms with Gasteiger partial charge in [-0.3, -0.25) is 10.1 Å². The van der Waals surface area contributed by atoms with Crippen LogP contribution in [0.1, 0.15) is 12.5 Å². The van der Waals surface area contributed by atoms with Crippen LogP contribution in [0.2, 0.25) is 0 Å². The van der Waals surface area contributed by atoms with E-state index < -0.39 is 16.9 Å². The average Bonchev–Trinajstić information content (AvgIpc) is 2.37. The van der Waals surface area contributed by atoms with Crippen LogP contribution in [0, 0.1) is 21.4 Å². The van der Waals surface area contributed by atoms with Gasteiger partial charge in [0.1, 0.15) is 17.7 Å². The number of esters is 1. The number of hydrogen-bond acceptors (Lipinski definition) is 6. The zero-order chi connectivity index (χ0) is 13.7. The molecule has 0 amide bonds. The number of hydrogen-bond donors (Lipinski definition) is 1. The van der Waals surface area contributed by atoms with E-state index in [4.69, 9.17) is 5.26 Å². The van der Waals surface area contributed by atoms with Crippen molar-refractivity contribution in [3.05, 3.63) is 33.9 Å². The minimum Gasteiger partial charge on any atom is -0.467 e. The molecule has 0 spiro atoms. The summed E-state index contributed by atoms with van der Waals surface area (Å²) < 4.78 is 4.53. The van der Waals surface area contributed by atoms with Crippen LogP contribution in [0.5, 0.6) is 0 Å². The molecule has 0 bridgehead atoms. The van der Waals surface area contributed by atoms with E-state index in [2.05, 4.69) is 10.1 Å². The molecule has 7 heteroatoms. The number of nitrogens with zero attached hydrogens (tertiary/aromatic N) is 2. The molecule has 1 rings (SSSR count). The van der Waals surface area contributed by atoms with E-state index in [9.17, 15) is 14.9 Å². The number of carbonyl (C=O) groups excluding carboxylic acids is 1. The maximum Gasteiger partial charge on any atom is 0.327 e. The van der Waals surface area contributed by atoms with Crippen molar-refractivity contribution in [1.82, 2.24) is 0 Å². The van der Waals surface area contributed by atoms with Gasteiger partial charge in [0, 0.05) is 11.8 Å². The summed E-state index contributed by atoms with van der Waals surface area (Å²) in [5.74, 6) is -0.466. The first kappa shape index (κ1) is 13.4. The summed E-state index contributed by atoms with van der Waals surface area (Å²) in [6.07, 6.45) is 0. The summed E-state index contributed by atoms with van der Waals surface area (Å²) in [7, 11) is 1.26. The number of nitro benzene ring substituents is 1. The molecule has 0 saturated heterocycles. The first-order valence-electron chi connectivity index (χ1n) is 5.02. The van der Waals surface area contributed by atoms with E-state index >= 15 is 0 Å². The molecule has 0 fully saturated rings. The van der Waals surface area contributed by atoms with Gasteiger partial charge in [-0.1, -0.05) is 0 Å². The van der Waals surface area contributed by atoms with Crippen LogP contribution >= 0.6 is 0 Å². The number of ether oxygens (including phenoxy) is 1. The maximum atomic E-state index is 11.2. The zero-order valence-corrected chi connectivity index (χ0v) is 9.84. The molecular weight excluding hydrogens is 238 g/mol. The topological polar surface area (TPSA) is 105 Å². The van der Waals surface area contributed by atoms with Crippen molar-refractivity contribution < 1.29 is 14.5 Å². The van der Waals surface area contributed by atoms with Crippen molar-refractivity contribution in [1.29, 1.82) is 5.26 Å². The van der Waals surface area contributed by atoms with Crippen LogP contribution in [0.15, 0.2) is 18.2 Å². The number of nitro groups is 1. The number of anilines is 1. The smallest absolute Gasteiger partial charge is 0.327 e. The maximum absolute atomic E-state index is 11.2. The highest BCUT2D eigenvalue weighted by Gasteiger charge is 2.16. The molecule has 7 nitrogen and oxygen atoms in total. The van der Waals surface area contributed by atoms with E-state index in [1.807, 2.05) is 0 Å². The fourth-order valence-electron chi connectivity index (χ4n) is 1.36. The van der Waals surface area contributed by atoms with Crippen LogP contribution < -0.4 is 5.32 Å². The second-order valence-electron chi connectivity index (χ2n) is 3.49. The Morgan fingerprint density at radius 1 is 1.61 bits per heavy atom. The second-order valence-corrected chi connectivity index (χ2v) is 3.49. The molecule has 0 aliphatic carbocycles. The molecule has 1 N–H and O–H groups in total. The fraction of sp³-hybridized carbons (Fsp3) is 0.273. The SMILES string of the molecule is COC(=O)C(C)Nc1ccc([N+](=O)[O-])c(C#N)c1. The van der Waals surface area contributed by atoms with Crippen LogP contribution in [-0.2, 0) is 9.53 Å². The van der Waals surface area contributed by atoms with E-state index in [0.717, 1.165) is 0 Å². The number of nitrogens with one attached hydrogen (secondary N) is 1. The Labute approximate surface area is 103 Å². The number of methoxy groups -OCH3 is 1. The summed E-state index contributed by atoms with van der Waals surface area (Å²) in [4.78, 5) is 21.2. The monoisotopic (exact) mass is 249 g/mol. The lowest BCUT2D eigenvalue weighted by molar-refractivity contribution is -0.385. The minimum absolute atomic E-state index is 0.0675. The van der Waals surface area contributed by atoms with Crippen molar-refractivity contribution in [3.8, 4) is 6.07 Å². The van der Waals surface area contributed by atoms with Crippen molar-refractivity contribution in [2.75, 3.05) is 12.4 Å². The number of rotatable bonds is 4. The molecule has 18 heavy (non-hydrogen) atoms. The molecular formula is C11H11N3O4. The third-order valence-corrected chi connectivity index (χ3v) is 2.25. The molecule has 0 aliphatic rings. The van der Waals surface area contributed by atoms with Gasteiger partial charge in [-0.2, -0.15) is 5.26 Å². The molecule has 94 valence electrons. The third kappa shape index (κ3) is 2.95. The van der Waals surface area contributed by atoms with Gasteiger partial charge in [-0.25, -0.2) is 4.79 Å². The highest BCUT2D eigenvalue weighted by Crippen LogP contribution is 2.22. The lowest BCUT2D eigenvalue weighted by atomic mass is 10.1. The number of benzene rings is 1. The lowest BCUT2D eigenvalue weighted by Crippen LogP contribution is -2.27. The Kier molecular flexibility index (Phi) is 4.21. The van der Waals surface area contributed by atoms with Crippen molar-refractivity contribution in [2.24, 2.45) is 0 Å². The highest BCUT2D eigenvalue weighted by molar-refractivity contribution is 5.79. The predicted octanol–water partition coefficient (Wildman–Crippen LogP) is 1.44. The van der Waals surface area contributed by atoms with E-state index in [1.165, 1.54) is 25.3 Å². The second kappa shape index (κ2) is 5.63. The average molecular weight is 249 g/mol. The molecule has 1 aromatic rings. The molecule has 0 aliphatic heterocycles. The Morgan fingerprint density at radius 3 is 2.78 bits per heavy atom. The summed E-state index contributed by atoms with van der Waals surface area (Å²) in [6.45, 7) is 1.58. The van der Waals surface area contributed by atoms with Gasteiger partial charge in [0.15, 0.2) is 0 Å². The molecule has 0 aromatic heterocycles. The normalized spacial score (nSPS) is 11.2. The molecule has 1 aromatic carbocycles. The largest absolute Gasteiger partial charge is 0.467 e. The third-order valence-electron chi connectivity index (χ3n) is 2.25. The molecule has 0 saturated carbocycles. The number of carbonyl (C=O) groups is 1. The first-order valence-corrected chi connectivity index (χ1v) is 5.02.